The summed E-state index contributed by atoms with van der Waals surface area (Å²) in [5, 5.41) is 17.8. The average Bonchev–Trinajstić information content (AvgIpc) is 3.14. The van der Waals surface area contributed by atoms with Crippen molar-refractivity contribution in [2.45, 2.75) is 26.2 Å². The van der Waals surface area contributed by atoms with Crippen LogP contribution in [0.25, 0.3) is 10.6 Å². The number of unbranched alkanes of at least 4 members (excludes halogenated alkanes) is 2. The van der Waals surface area contributed by atoms with Crippen LogP contribution in [0.1, 0.15) is 26.2 Å². The molecule has 0 radical (unpaired) electrons. The van der Waals surface area contributed by atoms with Gasteiger partial charge >= 0.3 is 0 Å². The van der Waals surface area contributed by atoms with E-state index in [0.717, 1.165) is 35.0 Å². The number of hydrogen-bond donors (Lipinski definition) is 0. The first kappa shape index (κ1) is 17.2. The topological polar surface area (TPSA) is 72.6 Å². The molecule has 25 heavy (non-hydrogen) atoms. The zero-order chi connectivity index (χ0) is 17.3. The van der Waals surface area contributed by atoms with Gasteiger partial charge in [-0.05, 0) is 42.8 Å². The van der Waals surface area contributed by atoms with Crippen LogP contribution in [0.5, 0.6) is 5.75 Å². The second kappa shape index (κ2) is 8.98. The Bertz CT molecular complexity index is 802. The third-order valence-corrected chi connectivity index (χ3v) is 4.30. The van der Waals surface area contributed by atoms with Crippen molar-refractivity contribution in [2.24, 2.45) is 10.2 Å². The predicted octanol–water partition coefficient (Wildman–Crippen LogP) is 5.58. The van der Waals surface area contributed by atoms with Crippen molar-refractivity contribution in [3.63, 3.8) is 0 Å². The van der Waals surface area contributed by atoms with Gasteiger partial charge in [0.15, 0.2) is 0 Å². The highest BCUT2D eigenvalue weighted by Crippen LogP contribution is 2.29. The lowest BCUT2D eigenvalue weighted by atomic mass is 10.2. The number of hydrogen-bond acceptors (Lipinski definition) is 7. The van der Waals surface area contributed by atoms with Crippen LogP contribution < -0.4 is 4.74 Å². The Balaban J connectivity index is 1.58. The molecule has 7 heteroatoms. The third-order valence-electron chi connectivity index (χ3n) is 3.45. The molecule has 128 valence electrons. The Kier molecular flexibility index (Phi) is 6.17. The quantitative estimate of drug-likeness (QED) is 0.391. The monoisotopic (exact) mass is 353 g/mol. The van der Waals surface area contributed by atoms with E-state index in [1.807, 2.05) is 36.4 Å². The van der Waals surface area contributed by atoms with E-state index in [0.29, 0.717) is 5.13 Å². The molecule has 3 aromatic rings. The summed E-state index contributed by atoms with van der Waals surface area (Å²) in [6.45, 7) is 2.93. The first-order valence-corrected chi connectivity index (χ1v) is 9.05. The summed E-state index contributed by atoms with van der Waals surface area (Å²) in [5.41, 5.74) is 1.72. The molecule has 0 amide bonds. The van der Waals surface area contributed by atoms with E-state index in [9.17, 15) is 0 Å². The molecule has 0 bridgehead atoms. The maximum Gasteiger partial charge on any atom is 0.252 e. The van der Waals surface area contributed by atoms with Crippen LogP contribution in [0.3, 0.4) is 0 Å². The summed E-state index contributed by atoms with van der Waals surface area (Å²) >= 11 is 1.39. The van der Waals surface area contributed by atoms with Crippen molar-refractivity contribution in [3.05, 3.63) is 48.8 Å². The second-order valence-electron chi connectivity index (χ2n) is 5.38. The summed E-state index contributed by atoms with van der Waals surface area (Å²) in [5.74, 6) is 0.853. The highest BCUT2D eigenvalue weighted by Gasteiger charge is 2.05. The Morgan fingerprint density at radius 3 is 2.52 bits per heavy atom. The number of nitrogens with zero attached hydrogens (tertiary/aromatic N) is 5. The average molecular weight is 353 g/mol. The third kappa shape index (κ3) is 5.15. The molecule has 3 rings (SSSR count). The van der Waals surface area contributed by atoms with Crippen molar-refractivity contribution >= 4 is 22.2 Å². The van der Waals surface area contributed by atoms with Crippen molar-refractivity contribution in [1.82, 2.24) is 15.2 Å². The number of ether oxygens (including phenoxy) is 1. The van der Waals surface area contributed by atoms with Gasteiger partial charge in [0.1, 0.15) is 10.8 Å². The normalized spacial score (nSPS) is 11.1. The van der Waals surface area contributed by atoms with Crippen molar-refractivity contribution in [1.29, 1.82) is 0 Å². The number of aromatic nitrogens is 3. The van der Waals surface area contributed by atoms with Crippen molar-refractivity contribution in [2.75, 3.05) is 6.61 Å². The Labute approximate surface area is 150 Å². The van der Waals surface area contributed by atoms with Crippen LogP contribution in [0, 0.1) is 0 Å². The van der Waals surface area contributed by atoms with E-state index < -0.39 is 0 Å². The standard InChI is InChI=1S/C18H19N5OS/c1-2-3-4-13-24-16-7-5-15(6-8-16)20-22-18-23-21-17(25-18)14-9-11-19-12-10-14/h5-12H,2-4,13H2,1H3. The van der Waals surface area contributed by atoms with Gasteiger partial charge in [0, 0.05) is 18.0 Å². The molecular weight excluding hydrogens is 334 g/mol. The van der Waals surface area contributed by atoms with Crippen LogP contribution in [0.2, 0.25) is 0 Å². The molecule has 0 fully saturated rings. The van der Waals surface area contributed by atoms with Crippen molar-refractivity contribution in [3.8, 4) is 16.3 Å². The van der Waals surface area contributed by atoms with Crippen LogP contribution in [0.4, 0.5) is 10.8 Å². The second-order valence-corrected chi connectivity index (χ2v) is 6.33. The maximum absolute atomic E-state index is 5.68. The molecule has 0 saturated carbocycles. The molecule has 0 N–H and O–H groups in total. The van der Waals surface area contributed by atoms with Gasteiger partial charge in [-0.3, -0.25) is 4.98 Å². The van der Waals surface area contributed by atoms with Gasteiger partial charge in [0.05, 0.1) is 12.3 Å². The molecule has 0 aliphatic rings. The first-order valence-electron chi connectivity index (χ1n) is 8.23. The molecule has 0 unspecified atom stereocenters. The van der Waals surface area contributed by atoms with Crippen LogP contribution in [0.15, 0.2) is 59.0 Å². The minimum absolute atomic E-state index is 0.520. The molecule has 6 nitrogen and oxygen atoms in total. The number of pyridine rings is 1. The van der Waals surface area contributed by atoms with E-state index in [-0.39, 0.29) is 0 Å². The SMILES string of the molecule is CCCCCOc1ccc(N=Nc2nnc(-c3ccncc3)s2)cc1. The van der Waals surface area contributed by atoms with Gasteiger partial charge in [-0.25, -0.2) is 0 Å². The molecule has 0 saturated heterocycles. The smallest absolute Gasteiger partial charge is 0.252 e. The zero-order valence-electron chi connectivity index (χ0n) is 14.0. The summed E-state index contributed by atoms with van der Waals surface area (Å²) in [4.78, 5) is 3.99. The summed E-state index contributed by atoms with van der Waals surface area (Å²) in [6.07, 6.45) is 6.91. The van der Waals surface area contributed by atoms with Gasteiger partial charge in [0.2, 0.25) is 0 Å². The Hall–Kier alpha value is -2.67. The first-order chi connectivity index (χ1) is 12.3. The maximum atomic E-state index is 5.68. The summed E-state index contributed by atoms with van der Waals surface area (Å²) < 4.78 is 5.68. The highest BCUT2D eigenvalue weighted by atomic mass is 32.1. The zero-order valence-corrected chi connectivity index (χ0v) is 14.8. The van der Waals surface area contributed by atoms with Crippen molar-refractivity contribution < 1.29 is 4.74 Å². The molecule has 0 spiro atoms. The molecule has 0 aliphatic heterocycles. The lowest BCUT2D eigenvalue weighted by molar-refractivity contribution is 0.306. The van der Waals surface area contributed by atoms with Crippen LogP contribution in [-0.2, 0) is 0 Å². The van der Waals surface area contributed by atoms with Gasteiger partial charge in [-0.2, -0.15) is 0 Å². The fraction of sp³-hybridized carbons (Fsp3) is 0.278. The van der Waals surface area contributed by atoms with Crippen LogP contribution >= 0.6 is 11.3 Å². The molecule has 0 aliphatic carbocycles. The molecule has 2 aromatic heterocycles. The number of rotatable bonds is 8. The van der Waals surface area contributed by atoms with E-state index in [1.54, 1.807) is 12.4 Å². The molecule has 0 atom stereocenters. The highest BCUT2D eigenvalue weighted by molar-refractivity contribution is 7.18. The molecule has 1 aromatic carbocycles. The summed E-state index contributed by atoms with van der Waals surface area (Å²) in [7, 11) is 0. The van der Waals surface area contributed by atoms with E-state index in [2.05, 4.69) is 32.3 Å². The van der Waals surface area contributed by atoms with Gasteiger partial charge < -0.3 is 4.74 Å². The van der Waals surface area contributed by atoms with Crippen LogP contribution in [-0.4, -0.2) is 21.8 Å². The molecular formula is C18H19N5OS. The van der Waals surface area contributed by atoms with Gasteiger partial charge in [-0.1, -0.05) is 31.1 Å². The minimum atomic E-state index is 0.520. The fourth-order valence-electron chi connectivity index (χ4n) is 2.12. The predicted molar refractivity (Wildman–Crippen MR) is 98.8 cm³/mol. The summed E-state index contributed by atoms with van der Waals surface area (Å²) in [6, 6.07) is 11.3. The molecule has 2 heterocycles. The van der Waals surface area contributed by atoms with Gasteiger partial charge in [-0.15, -0.1) is 20.4 Å². The Morgan fingerprint density at radius 2 is 1.76 bits per heavy atom. The van der Waals surface area contributed by atoms with E-state index in [4.69, 9.17) is 4.74 Å². The minimum Gasteiger partial charge on any atom is -0.494 e. The fourth-order valence-corrected chi connectivity index (χ4v) is 2.79. The largest absolute Gasteiger partial charge is 0.494 e. The van der Waals surface area contributed by atoms with E-state index >= 15 is 0 Å². The van der Waals surface area contributed by atoms with Gasteiger partial charge in [0.25, 0.3) is 5.13 Å². The number of benzene rings is 1. The van der Waals surface area contributed by atoms with E-state index in [1.165, 1.54) is 24.2 Å². The number of azo groups is 1. The lowest BCUT2D eigenvalue weighted by Crippen LogP contribution is -1.96. The lowest BCUT2D eigenvalue weighted by Gasteiger charge is -2.05. The Morgan fingerprint density at radius 1 is 0.960 bits per heavy atom.